The molecule has 0 radical (unpaired) electrons. The van der Waals surface area contributed by atoms with Crippen molar-refractivity contribution in [3.05, 3.63) is 35.4 Å². The van der Waals surface area contributed by atoms with Crippen molar-refractivity contribution in [2.75, 3.05) is 7.11 Å². The Morgan fingerprint density at radius 1 is 1.47 bits per heavy atom. The number of hydrogen-bond donors (Lipinski definition) is 1. The summed E-state index contributed by atoms with van der Waals surface area (Å²) >= 11 is 0. The summed E-state index contributed by atoms with van der Waals surface area (Å²) in [6.45, 7) is 1.67. The first-order chi connectivity index (χ1) is 8.95. The summed E-state index contributed by atoms with van der Waals surface area (Å²) in [5.74, 6) is -1.18. The van der Waals surface area contributed by atoms with Crippen molar-refractivity contribution >= 4 is 5.97 Å². The largest absolute Gasteiger partial charge is 0.496 e. The lowest BCUT2D eigenvalue weighted by atomic mass is 10.0. The maximum absolute atomic E-state index is 13.4. The molecule has 1 aromatic carbocycles. The molecule has 2 aromatic rings. The number of carboxylic acid groups (broad SMARTS) is 1. The lowest BCUT2D eigenvalue weighted by Gasteiger charge is -2.09. The highest BCUT2D eigenvalue weighted by atomic mass is 19.1. The number of halogens is 1. The molecule has 0 spiro atoms. The van der Waals surface area contributed by atoms with E-state index in [1.54, 1.807) is 6.92 Å². The lowest BCUT2D eigenvalue weighted by Crippen LogP contribution is -2.07. The van der Waals surface area contributed by atoms with Crippen LogP contribution in [-0.4, -0.2) is 28.0 Å². The minimum absolute atomic E-state index is 0.00130. The average molecular weight is 264 g/mol. The highest BCUT2D eigenvalue weighted by Crippen LogP contribution is 2.35. The van der Waals surface area contributed by atoms with Crippen LogP contribution in [0.15, 0.2) is 18.2 Å². The first kappa shape index (κ1) is 13.1. The van der Waals surface area contributed by atoms with Crippen LogP contribution in [0.5, 0.6) is 5.75 Å². The van der Waals surface area contributed by atoms with Gasteiger partial charge in [-0.3, -0.25) is 4.68 Å². The second-order valence-corrected chi connectivity index (χ2v) is 4.08. The molecule has 0 aliphatic heterocycles. The molecule has 1 N–H and O–H groups in total. The first-order valence-corrected chi connectivity index (χ1v) is 5.56. The van der Waals surface area contributed by atoms with E-state index in [-0.39, 0.29) is 5.69 Å². The van der Waals surface area contributed by atoms with Crippen molar-refractivity contribution in [1.82, 2.24) is 9.78 Å². The van der Waals surface area contributed by atoms with Gasteiger partial charge in [0.2, 0.25) is 0 Å². The van der Waals surface area contributed by atoms with E-state index in [4.69, 9.17) is 4.74 Å². The van der Waals surface area contributed by atoms with Crippen LogP contribution in [0.1, 0.15) is 16.2 Å². The number of carboxylic acids is 1. The Labute approximate surface area is 109 Å². The molecule has 0 saturated heterocycles. The number of hydrogen-bond acceptors (Lipinski definition) is 3. The molecule has 1 heterocycles. The smallest absolute Gasteiger partial charge is 0.354 e. The van der Waals surface area contributed by atoms with Crippen molar-refractivity contribution < 1.29 is 19.0 Å². The van der Waals surface area contributed by atoms with Crippen LogP contribution in [0.2, 0.25) is 0 Å². The van der Waals surface area contributed by atoms with Gasteiger partial charge in [-0.15, -0.1) is 0 Å². The summed E-state index contributed by atoms with van der Waals surface area (Å²) in [6.07, 6.45) is 0. The average Bonchev–Trinajstić information content (AvgIpc) is 2.64. The molecule has 0 fully saturated rings. The maximum Gasteiger partial charge on any atom is 0.354 e. The molecule has 19 heavy (non-hydrogen) atoms. The van der Waals surface area contributed by atoms with Crippen LogP contribution in [0, 0.1) is 12.7 Å². The van der Waals surface area contributed by atoms with Crippen LogP contribution in [-0.2, 0) is 7.05 Å². The fraction of sp³-hybridized carbons (Fsp3) is 0.231. The molecule has 0 amide bonds. The van der Waals surface area contributed by atoms with Gasteiger partial charge in [0, 0.05) is 18.2 Å². The predicted molar refractivity (Wildman–Crippen MR) is 66.9 cm³/mol. The Morgan fingerprint density at radius 3 is 2.74 bits per heavy atom. The van der Waals surface area contributed by atoms with Gasteiger partial charge in [0.15, 0.2) is 5.69 Å². The number of aryl methyl sites for hydroxylation is 2. The SMILES string of the molecule is COc1ccc(F)cc1-c1c(C)nn(C)c1C(=O)O. The van der Waals surface area contributed by atoms with E-state index in [1.807, 2.05) is 0 Å². The van der Waals surface area contributed by atoms with Crippen molar-refractivity contribution in [2.45, 2.75) is 6.92 Å². The van der Waals surface area contributed by atoms with E-state index < -0.39 is 11.8 Å². The third-order valence-electron chi connectivity index (χ3n) is 2.86. The molecule has 0 atom stereocenters. The van der Waals surface area contributed by atoms with Crippen molar-refractivity contribution in [2.24, 2.45) is 7.05 Å². The molecule has 0 aliphatic carbocycles. The quantitative estimate of drug-likeness (QED) is 0.923. The fourth-order valence-electron chi connectivity index (χ4n) is 2.10. The Balaban J connectivity index is 2.78. The number of aromatic carboxylic acids is 1. The zero-order valence-corrected chi connectivity index (χ0v) is 10.8. The molecular weight excluding hydrogens is 251 g/mol. The lowest BCUT2D eigenvalue weighted by molar-refractivity contribution is 0.0686. The molecule has 0 bridgehead atoms. The van der Waals surface area contributed by atoms with E-state index in [0.717, 1.165) is 0 Å². The number of aromatic nitrogens is 2. The maximum atomic E-state index is 13.4. The summed E-state index contributed by atoms with van der Waals surface area (Å²) < 4.78 is 19.8. The zero-order chi connectivity index (χ0) is 14.2. The van der Waals surface area contributed by atoms with Gasteiger partial charge in [-0.05, 0) is 25.1 Å². The number of rotatable bonds is 3. The molecule has 0 saturated carbocycles. The highest BCUT2D eigenvalue weighted by Gasteiger charge is 2.23. The molecule has 100 valence electrons. The number of ether oxygens (including phenoxy) is 1. The van der Waals surface area contributed by atoms with Crippen LogP contribution in [0.3, 0.4) is 0 Å². The van der Waals surface area contributed by atoms with Crippen molar-refractivity contribution in [1.29, 1.82) is 0 Å². The van der Waals surface area contributed by atoms with Crippen LogP contribution in [0.4, 0.5) is 4.39 Å². The number of benzene rings is 1. The Kier molecular flexibility index (Phi) is 3.25. The molecule has 5 nitrogen and oxygen atoms in total. The summed E-state index contributed by atoms with van der Waals surface area (Å²) in [5.41, 5.74) is 1.25. The van der Waals surface area contributed by atoms with E-state index in [1.165, 1.54) is 37.0 Å². The number of methoxy groups -OCH3 is 1. The van der Waals surface area contributed by atoms with Gasteiger partial charge in [0.25, 0.3) is 0 Å². The second-order valence-electron chi connectivity index (χ2n) is 4.08. The summed E-state index contributed by atoms with van der Waals surface area (Å²) in [6, 6.07) is 3.96. The molecule has 0 aliphatic rings. The van der Waals surface area contributed by atoms with E-state index in [0.29, 0.717) is 22.6 Å². The molecule has 1 aromatic heterocycles. The third-order valence-corrected chi connectivity index (χ3v) is 2.86. The third kappa shape index (κ3) is 2.16. The summed E-state index contributed by atoms with van der Waals surface area (Å²) in [5, 5.41) is 13.3. The molecule has 0 unspecified atom stereocenters. The summed E-state index contributed by atoms with van der Waals surface area (Å²) in [7, 11) is 2.98. The Bertz CT molecular complexity index is 650. The van der Waals surface area contributed by atoms with Crippen LogP contribution in [0.25, 0.3) is 11.1 Å². The van der Waals surface area contributed by atoms with E-state index >= 15 is 0 Å². The van der Waals surface area contributed by atoms with Gasteiger partial charge in [-0.25, -0.2) is 9.18 Å². The van der Waals surface area contributed by atoms with E-state index in [2.05, 4.69) is 5.10 Å². The Morgan fingerprint density at radius 2 is 2.16 bits per heavy atom. The minimum Gasteiger partial charge on any atom is -0.496 e. The standard InChI is InChI=1S/C13H13FN2O3/c1-7-11(12(13(17)18)16(2)15-7)9-6-8(14)4-5-10(9)19-3/h4-6H,1-3H3,(H,17,18). The van der Waals surface area contributed by atoms with Crippen molar-refractivity contribution in [3.8, 4) is 16.9 Å². The first-order valence-electron chi connectivity index (χ1n) is 5.56. The monoisotopic (exact) mass is 264 g/mol. The van der Waals surface area contributed by atoms with E-state index in [9.17, 15) is 14.3 Å². The van der Waals surface area contributed by atoms with Gasteiger partial charge in [-0.2, -0.15) is 5.10 Å². The van der Waals surface area contributed by atoms with Gasteiger partial charge in [0.1, 0.15) is 11.6 Å². The molecular formula is C13H13FN2O3. The van der Waals surface area contributed by atoms with Crippen molar-refractivity contribution in [3.63, 3.8) is 0 Å². The fourth-order valence-corrected chi connectivity index (χ4v) is 2.10. The highest BCUT2D eigenvalue weighted by molar-refractivity contribution is 5.96. The zero-order valence-electron chi connectivity index (χ0n) is 10.8. The molecule has 2 rings (SSSR count). The van der Waals surface area contributed by atoms with Gasteiger partial charge < -0.3 is 9.84 Å². The van der Waals surface area contributed by atoms with Gasteiger partial charge in [0.05, 0.1) is 12.8 Å². The molecule has 6 heteroatoms. The number of nitrogens with zero attached hydrogens (tertiary/aromatic N) is 2. The van der Waals surface area contributed by atoms with Crippen LogP contribution < -0.4 is 4.74 Å². The Hall–Kier alpha value is -2.37. The van der Waals surface area contributed by atoms with Gasteiger partial charge in [-0.1, -0.05) is 0 Å². The predicted octanol–water partition coefficient (Wildman–Crippen LogP) is 2.24. The second kappa shape index (κ2) is 4.72. The van der Waals surface area contributed by atoms with Crippen LogP contribution >= 0.6 is 0 Å². The normalized spacial score (nSPS) is 10.5. The minimum atomic E-state index is -1.12. The summed E-state index contributed by atoms with van der Waals surface area (Å²) in [4.78, 5) is 11.3. The van der Waals surface area contributed by atoms with Gasteiger partial charge >= 0.3 is 5.97 Å². The number of carbonyl (C=O) groups is 1. The topological polar surface area (TPSA) is 64.4 Å².